The first-order valence-corrected chi connectivity index (χ1v) is 9.85. The zero-order valence-corrected chi connectivity index (χ0v) is 16.9. The van der Waals surface area contributed by atoms with Crippen molar-refractivity contribution in [3.05, 3.63) is 30.1 Å². The van der Waals surface area contributed by atoms with E-state index < -0.39 is 11.4 Å². The van der Waals surface area contributed by atoms with Crippen LogP contribution in [-0.2, 0) is 4.79 Å². The lowest BCUT2D eigenvalue weighted by molar-refractivity contribution is -0.140. The molecular formula is C20H30ClFN4O2. The molecule has 1 aromatic carbocycles. The van der Waals surface area contributed by atoms with Crippen LogP contribution in [0.2, 0.25) is 0 Å². The minimum atomic E-state index is -0.706. The molecule has 1 unspecified atom stereocenters. The maximum absolute atomic E-state index is 13.2. The second kappa shape index (κ2) is 10.1. The number of hydrogen-bond acceptors (Lipinski definition) is 3. The van der Waals surface area contributed by atoms with E-state index in [1.807, 2.05) is 4.90 Å². The lowest BCUT2D eigenvalue weighted by Crippen LogP contribution is -2.58. The van der Waals surface area contributed by atoms with Gasteiger partial charge in [0.1, 0.15) is 5.82 Å². The molecule has 4 N–H and O–H groups in total. The normalized spacial score (nSPS) is 21.4. The molecule has 28 heavy (non-hydrogen) atoms. The fourth-order valence-corrected chi connectivity index (χ4v) is 4.11. The molecule has 1 heterocycles. The second-order valence-electron chi connectivity index (χ2n) is 7.82. The maximum Gasteiger partial charge on any atom is 0.319 e. The molecular weight excluding hydrogens is 383 g/mol. The van der Waals surface area contributed by atoms with Gasteiger partial charge in [-0.05, 0) is 49.8 Å². The van der Waals surface area contributed by atoms with Gasteiger partial charge in [0.15, 0.2) is 0 Å². The molecule has 1 aliphatic heterocycles. The van der Waals surface area contributed by atoms with Gasteiger partial charge in [0.05, 0.1) is 5.54 Å². The summed E-state index contributed by atoms with van der Waals surface area (Å²) in [5.41, 5.74) is 6.10. The molecule has 1 saturated heterocycles. The van der Waals surface area contributed by atoms with Crippen LogP contribution in [0, 0.1) is 11.7 Å². The van der Waals surface area contributed by atoms with Crippen molar-refractivity contribution in [3.8, 4) is 0 Å². The number of benzene rings is 1. The quantitative estimate of drug-likeness (QED) is 0.709. The molecule has 0 spiro atoms. The molecule has 1 atom stereocenters. The molecule has 0 radical (unpaired) electrons. The van der Waals surface area contributed by atoms with Gasteiger partial charge in [0.2, 0.25) is 5.91 Å². The first-order valence-electron chi connectivity index (χ1n) is 9.85. The number of carbonyl (C=O) groups is 2. The van der Waals surface area contributed by atoms with Crippen LogP contribution in [0.25, 0.3) is 0 Å². The topological polar surface area (TPSA) is 87.5 Å². The van der Waals surface area contributed by atoms with Crippen LogP contribution >= 0.6 is 12.4 Å². The highest BCUT2D eigenvalue weighted by atomic mass is 35.5. The Bertz CT molecular complexity index is 682. The summed E-state index contributed by atoms with van der Waals surface area (Å²) >= 11 is 0. The number of nitrogens with one attached hydrogen (secondary N) is 2. The van der Waals surface area contributed by atoms with E-state index in [2.05, 4.69) is 10.6 Å². The number of nitrogens with two attached hydrogens (primary N) is 1. The monoisotopic (exact) mass is 412 g/mol. The molecule has 1 aliphatic carbocycles. The number of anilines is 1. The lowest BCUT2D eigenvalue weighted by Gasteiger charge is -2.40. The Morgan fingerprint density at radius 2 is 1.96 bits per heavy atom. The number of hydrogen-bond donors (Lipinski definition) is 3. The average Bonchev–Trinajstić information content (AvgIpc) is 2.67. The van der Waals surface area contributed by atoms with E-state index in [4.69, 9.17) is 5.73 Å². The van der Waals surface area contributed by atoms with Gasteiger partial charge >= 0.3 is 6.03 Å². The van der Waals surface area contributed by atoms with Crippen molar-refractivity contribution >= 4 is 30.0 Å². The van der Waals surface area contributed by atoms with Crippen molar-refractivity contribution < 1.29 is 14.0 Å². The predicted octanol–water partition coefficient (Wildman–Crippen LogP) is 3.27. The SMILES string of the molecule is Cl.NC1(C(=O)N2CCCC(CNC(=O)Nc3cccc(F)c3)C2)CCCCC1. The summed E-state index contributed by atoms with van der Waals surface area (Å²) in [4.78, 5) is 26.8. The first kappa shape index (κ1) is 22.4. The molecule has 0 bridgehead atoms. The van der Waals surface area contributed by atoms with E-state index >= 15 is 0 Å². The predicted molar refractivity (Wildman–Crippen MR) is 110 cm³/mol. The summed E-state index contributed by atoms with van der Waals surface area (Å²) in [5, 5.41) is 5.45. The minimum absolute atomic E-state index is 0. The average molecular weight is 413 g/mol. The van der Waals surface area contributed by atoms with Gasteiger partial charge in [-0.1, -0.05) is 25.3 Å². The van der Waals surface area contributed by atoms with Crippen LogP contribution in [0.15, 0.2) is 24.3 Å². The van der Waals surface area contributed by atoms with E-state index in [9.17, 15) is 14.0 Å². The van der Waals surface area contributed by atoms with Gasteiger partial charge in [0.25, 0.3) is 0 Å². The number of nitrogens with zero attached hydrogens (tertiary/aromatic N) is 1. The number of amides is 3. The van der Waals surface area contributed by atoms with Gasteiger partial charge in [-0.15, -0.1) is 12.4 Å². The van der Waals surface area contributed by atoms with E-state index in [1.54, 1.807) is 12.1 Å². The number of urea groups is 1. The van der Waals surface area contributed by atoms with Crippen molar-refractivity contribution in [2.24, 2.45) is 11.7 Å². The van der Waals surface area contributed by atoms with Crippen LogP contribution in [0.1, 0.15) is 44.9 Å². The second-order valence-corrected chi connectivity index (χ2v) is 7.82. The zero-order chi connectivity index (χ0) is 19.3. The van der Waals surface area contributed by atoms with Crippen LogP contribution in [0.3, 0.4) is 0 Å². The van der Waals surface area contributed by atoms with Crippen molar-refractivity contribution in [1.29, 1.82) is 0 Å². The summed E-state index contributed by atoms with van der Waals surface area (Å²) in [6, 6.07) is 5.41. The fourth-order valence-electron chi connectivity index (χ4n) is 4.11. The van der Waals surface area contributed by atoms with Gasteiger partial charge in [0, 0.05) is 25.3 Å². The minimum Gasteiger partial charge on any atom is -0.341 e. The largest absolute Gasteiger partial charge is 0.341 e. The summed E-state index contributed by atoms with van der Waals surface area (Å²) in [6.45, 7) is 1.84. The van der Waals surface area contributed by atoms with E-state index in [1.165, 1.54) is 12.1 Å². The van der Waals surface area contributed by atoms with Gasteiger partial charge in [-0.25, -0.2) is 9.18 Å². The van der Waals surface area contributed by atoms with Crippen molar-refractivity contribution in [2.75, 3.05) is 25.0 Å². The molecule has 0 aromatic heterocycles. The highest BCUT2D eigenvalue weighted by molar-refractivity contribution is 5.89. The third kappa shape index (κ3) is 5.82. The molecule has 156 valence electrons. The van der Waals surface area contributed by atoms with Crippen LogP contribution in [0.5, 0.6) is 0 Å². The van der Waals surface area contributed by atoms with Gasteiger partial charge < -0.3 is 21.3 Å². The smallest absolute Gasteiger partial charge is 0.319 e. The number of piperidine rings is 1. The van der Waals surface area contributed by atoms with Crippen molar-refractivity contribution in [1.82, 2.24) is 10.2 Å². The molecule has 8 heteroatoms. The maximum atomic E-state index is 13.2. The number of rotatable bonds is 4. The molecule has 6 nitrogen and oxygen atoms in total. The Labute approximate surface area is 171 Å². The molecule has 3 amide bonds. The molecule has 1 saturated carbocycles. The highest BCUT2D eigenvalue weighted by Gasteiger charge is 2.39. The van der Waals surface area contributed by atoms with E-state index in [-0.39, 0.29) is 30.3 Å². The zero-order valence-electron chi connectivity index (χ0n) is 16.1. The summed E-state index contributed by atoms with van der Waals surface area (Å²) in [6.07, 6.45) is 6.59. The van der Waals surface area contributed by atoms with E-state index in [0.29, 0.717) is 18.8 Å². The number of halogens is 2. The summed E-state index contributed by atoms with van der Waals surface area (Å²) in [7, 11) is 0. The van der Waals surface area contributed by atoms with E-state index in [0.717, 1.165) is 51.5 Å². The lowest BCUT2D eigenvalue weighted by atomic mass is 9.81. The van der Waals surface area contributed by atoms with Crippen molar-refractivity contribution in [2.45, 2.75) is 50.5 Å². The van der Waals surface area contributed by atoms with Crippen LogP contribution < -0.4 is 16.4 Å². The molecule has 1 aromatic rings. The standard InChI is InChI=1S/C20H29FN4O2.ClH/c21-16-7-4-8-17(12-16)24-19(27)23-13-15-6-5-11-25(14-15)18(26)20(22)9-2-1-3-10-20;/h4,7-8,12,15H,1-3,5-6,9-11,13-14,22H2,(H2,23,24,27);1H. The molecule has 2 aliphatic rings. The molecule has 3 rings (SSSR count). The third-order valence-electron chi connectivity index (χ3n) is 5.61. The Kier molecular flexibility index (Phi) is 8.07. The molecule has 2 fully saturated rings. The summed E-state index contributed by atoms with van der Waals surface area (Å²) in [5.74, 6) is -0.128. The Balaban J connectivity index is 0.00000280. The Morgan fingerprint density at radius 1 is 1.21 bits per heavy atom. The number of likely N-dealkylation sites (tertiary alicyclic amines) is 1. The Morgan fingerprint density at radius 3 is 2.68 bits per heavy atom. The van der Waals surface area contributed by atoms with Gasteiger partial charge in [-0.3, -0.25) is 4.79 Å². The number of carbonyl (C=O) groups excluding carboxylic acids is 2. The first-order chi connectivity index (χ1) is 13.0. The van der Waals surface area contributed by atoms with Crippen molar-refractivity contribution in [3.63, 3.8) is 0 Å². The Hall–Kier alpha value is -1.86. The van der Waals surface area contributed by atoms with Crippen LogP contribution in [-0.4, -0.2) is 42.0 Å². The highest BCUT2D eigenvalue weighted by Crippen LogP contribution is 2.29. The van der Waals surface area contributed by atoms with Gasteiger partial charge in [-0.2, -0.15) is 0 Å². The van der Waals surface area contributed by atoms with Crippen LogP contribution in [0.4, 0.5) is 14.9 Å². The fraction of sp³-hybridized carbons (Fsp3) is 0.600. The summed E-state index contributed by atoms with van der Waals surface area (Å²) < 4.78 is 13.2. The third-order valence-corrected chi connectivity index (χ3v) is 5.61.